The summed E-state index contributed by atoms with van der Waals surface area (Å²) in [6.45, 7) is 20.6. The fraction of sp³-hybridized carbons (Fsp3) is 1.00. The van der Waals surface area contributed by atoms with Gasteiger partial charge in [0.1, 0.15) is 6.61 Å². The molecule has 0 atom stereocenters. The molecule has 0 unspecified atom stereocenters. The largest absolute Gasteiger partial charge is 0.372 e. The molecule has 1 aliphatic rings. The van der Waals surface area contributed by atoms with Crippen LogP contribution in [0, 0.1) is 11.3 Å². The van der Waals surface area contributed by atoms with Crippen LogP contribution in [0.1, 0.15) is 94.9 Å². The van der Waals surface area contributed by atoms with Crippen molar-refractivity contribution in [1.29, 1.82) is 0 Å². The first-order valence-corrected chi connectivity index (χ1v) is 9.95. The van der Waals surface area contributed by atoms with E-state index in [4.69, 9.17) is 24.3 Å². The van der Waals surface area contributed by atoms with Gasteiger partial charge in [-0.25, -0.2) is 9.78 Å². The van der Waals surface area contributed by atoms with Crippen LogP contribution in [0.5, 0.6) is 0 Å². The van der Waals surface area contributed by atoms with Crippen LogP contribution in [0.4, 0.5) is 0 Å². The Balaban J connectivity index is 2.57. The summed E-state index contributed by atoms with van der Waals surface area (Å²) in [5.41, 5.74) is -0.527. The Labute approximate surface area is 160 Å². The molecule has 0 aromatic carbocycles. The van der Waals surface area contributed by atoms with E-state index in [9.17, 15) is 0 Å². The zero-order valence-electron chi connectivity index (χ0n) is 18.7. The van der Waals surface area contributed by atoms with Gasteiger partial charge >= 0.3 is 0 Å². The number of hydrogen-bond donors (Lipinski definition) is 0. The van der Waals surface area contributed by atoms with Gasteiger partial charge in [0.25, 0.3) is 5.79 Å². The lowest BCUT2D eigenvalue weighted by molar-refractivity contribution is -0.541. The Bertz CT molecular complexity index is 388. The molecular weight excluding hydrogens is 332 g/mol. The van der Waals surface area contributed by atoms with Crippen LogP contribution in [-0.2, 0) is 24.3 Å². The fourth-order valence-corrected chi connectivity index (χ4v) is 2.85. The van der Waals surface area contributed by atoms with Gasteiger partial charge in [-0.3, -0.25) is 0 Å². The van der Waals surface area contributed by atoms with E-state index in [-0.39, 0.29) is 12.7 Å². The van der Waals surface area contributed by atoms with Gasteiger partial charge in [0.2, 0.25) is 0 Å². The summed E-state index contributed by atoms with van der Waals surface area (Å²) in [5.74, 6) is -0.365. The lowest BCUT2D eigenvalue weighted by Gasteiger charge is -2.38. The minimum absolute atomic E-state index is 0.226. The van der Waals surface area contributed by atoms with Gasteiger partial charge in [0.15, 0.2) is 0 Å². The van der Waals surface area contributed by atoms with Crippen LogP contribution in [0.3, 0.4) is 0 Å². The summed E-state index contributed by atoms with van der Waals surface area (Å²) in [6, 6.07) is 0. The first-order chi connectivity index (χ1) is 11.6. The van der Waals surface area contributed by atoms with Crippen LogP contribution in [0.25, 0.3) is 0 Å². The van der Waals surface area contributed by atoms with Crippen molar-refractivity contribution in [2.45, 2.75) is 118 Å². The smallest absolute Gasteiger partial charge is 0.254 e. The molecule has 1 fully saturated rings. The maximum atomic E-state index is 6.13. The molecule has 1 rings (SSSR count). The molecule has 0 heterocycles. The summed E-state index contributed by atoms with van der Waals surface area (Å²) >= 11 is 0. The molecule has 0 amide bonds. The summed E-state index contributed by atoms with van der Waals surface area (Å²) in [7, 11) is 0. The van der Waals surface area contributed by atoms with Crippen LogP contribution in [0.15, 0.2) is 0 Å². The molecule has 0 aromatic heterocycles. The zero-order valence-corrected chi connectivity index (χ0v) is 18.7. The van der Waals surface area contributed by atoms with Gasteiger partial charge in [-0.1, -0.05) is 20.8 Å². The third-order valence-corrected chi connectivity index (χ3v) is 4.42. The van der Waals surface area contributed by atoms with Crippen molar-refractivity contribution in [2.75, 3.05) is 6.61 Å². The Morgan fingerprint density at radius 1 is 0.615 bits per heavy atom. The molecule has 0 spiro atoms. The molecule has 0 saturated heterocycles. The number of rotatable bonds is 7. The monoisotopic (exact) mass is 374 g/mol. The Morgan fingerprint density at radius 3 is 1.38 bits per heavy atom. The summed E-state index contributed by atoms with van der Waals surface area (Å²) in [5, 5.41) is 0. The van der Waals surface area contributed by atoms with E-state index < -0.39 is 17.0 Å². The molecule has 0 bridgehead atoms. The van der Waals surface area contributed by atoms with Crippen molar-refractivity contribution in [3.05, 3.63) is 0 Å². The maximum Gasteiger partial charge on any atom is 0.254 e. The average Bonchev–Trinajstić information content (AvgIpc) is 2.48. The molecule has 0 radical (unpaired) electrons. The first-order valence-electron chi connectivity index (χ1n) is 9.95. The molecule has 5 heteroatoms. The third kappa shape index (κ3) is 9.65. The summed E-state index contributed by atoms with van der Waals surface area (Å²) < 4.78 is 6.13. The average molecular weight is 375 g/mol. The predicted octanol–water partition coefficient (Wildman–Crippen LogP) is 5.82. The molecular formula is C21H42O5. The molecule has 156 valence electrons. The number of ether oxygens (including phenoxy) is 1. The summed E-state index contributed by atoms with van der Waals surface area (Å²) in [6.07, 6.45) is 4.76. The molecule has 0 aromatic rings. The van der Waals surface area contributed by atoms with Gasteiger partial charge in [-0.15, -0.1) is 0 Å². The van der Waals surface area contributed by atoms with Crippen molar-refractivity contribution < 1.29 is 24.3 Å². The molecule has 5 nitrogen and oxygen atoms in total. The summed E-state index contributed by atoms with van der Waals surface area (Å²) in [4.78, 5) is 22.1. The van der Waals surface area contributed by atoms with E-state index in [0.717, 1.165) is 18.8 Å². The lowest BCUT2D eigenvalue weighted by atomic mass is 9.72. The van der Waals surface area contributed by atoms with E-state index in [0.29, 0.717) is 5.41 Å². The van der Waals surface area contributed by atoms with Crippen molar-refractivity contribution in [2.24, 2.45) is 11.3 Å². The highest BCUT2D eigenvalue weighted by Crippen LogP contribution is 2.38. The van der Waals surface area contributed by atoms with Crippen LogP contribution < -0.4 is 0 Å². The van der Waals surface area contributed by atoms with Crippen molar-refractivity contribution in [3.63, 3.8) is 0 Å². The van der Waals surface area contributed by atoms with Gasteiger partial charge in [-0.2, -0.15) is 9.78 Å². The van der Waals surface area contributed by atoms with Gasteiger partial charge < -0.3 is 4.74 Å². The second-order valence-electron chi connectivity index (χ2n) is 10.8. The van der Waals surface area contributed by atoms with Gasteiger partial charge in [-0.05, 0) is 85.5 Å². The highest BCUT2D eigenvalue weighted by atomic mass is 17.3. The Morgan fingerprint density at radius 2 is 1.04 bits per heavy atom. The number of hydrogen-bond acceptors (Lipinski definition) is 5. The quantitative estimate of drug-likeness (QED) is 0.319. The highest BCUT2D eigenvalue weighted by Gasteiger charge is 2.36. The van der Waals surface area contributed by atoms with Crippen LogP contribution in [0.2, 0.25) is 0 Å². The molecule has 0 N–H and O–H groups in total. The first kappa shape index (κ1) is 23.8. The minimum atomic E-state index is -1.12. The highest BCUT2D eigenvalue weighted by molar-refractivity contribution is 4.81. The molecule has 1 aliphatic carbocycles. The van der Waals surface area contributed by atoms with Crippen molar-refractivity contribution >= 4 is 0 Å². The van der Waals surface area contributed by atoms with Crippen LogP contribution >= 0.6 is 0 Å². The zero-order chi connectivity index (χ0) is 20.2. The lowest BCUT2D eigenvalue weighted by Crippen LogP contribution is -2.43. The van der Waals surface area contributed by atoms with E-state index in [1.54, 1.807) is 6.92 Å². The molecule has 1 saturated carbocycles. The van der Waals surface area contributed by atoms with Crippen molar-refractivity contribution in [1.82, 2.24) is 0 Å². The minimum Gasteiger partial charge on any atom is -0.372 e. The van der Waals surface area contributed by atoms with E-state index in [1.807, 2.05) is 41.5 Å². The Hall–Kier alpha value is -0.200. The Kier molecular flexibility index (Phi) is 8.13. The maximum absolute atomic E-state index is 6.13. The normalized spacial score (nSPS) is 23.3. The fourth-order valence-electron chi connectivity index (χ4n) is 2.85. The van der Waals surface area contributed by atoms with Crippen LogP contribution in [-0.4, -0.2) is 29.7 Å². The molecule has 26 heavy (non-hydrogen) atoms. The second-order valence-corrected chi connectivity index (χ2v) is 10.8. The topological polar surface area (TPSA) is 46.2 Å². The van der Waals surface area contributed by atoms with Gasteiger partial charge in [0, 0.05) is 0 Å². The van der Waals surface area contributed by atoms with E-state index >= 15 is 0 Å². The standard InChI is InChI=1S/C21H42O5/c1-18(2,3)16-11-13-17(14-12-16)22-15-21(10,25-23-19(4,5)6)26-24-20(7,8)9/h16-17H,11-15H2,1-10H3. The van der Waals surface area contributed by atoms with Crippen molar-refractivity contribution in [3.8, 4) is 0 Å². The van der Waals surface area contributed by atoms with Gasteiger partial charge in [0.05, 0.1) is 17.3 Å². The molecule has 0 aliphatic heterocycles. The van der Waals surface area contributed by atoms with E-state index in [2.05, 4.69) is 20.8 Å². The van der Waals surface area contributed by atoms with E-state index in [1.165, 1.54) is 12.8 Å². The SMILES string of the molecule is CC(C)(C)OOC(C)(COC1CCC(C(C)(C)C)CC1)OOC(C)(C)C. The predicted molar refractivity (Wildman–Crippen MR) is 103 cm³/mol. The third-order valence-electron chi connectivity index (χ3n) is 4.42. The second kappa shape index (κ2) is 8.87.